The number of aliphatic hydroxyl groups is 1. The number of hydrogen-bond donors (Lipinski definition) is 1. The summed E-state index contributed by atoms with van der Waals surface area (Å²) in [7, 11) is 0. The Morgan fingerprint density at radius 3 is 2.06 bits per heavy atom. The van der Waals surface area contributed by atoms with Gasteiger partial charge in [0, 0.05) is 17.6 Å². The highest BCUT2D eigenvalue weighted by Crippen LogP contribution is 2.13. The Labute approximate surface area is 106 Å². The van der Waals surface area contributed by atoms with Crippen molar-refractivity contribution < 1.29 is 9.90 Å². The first-order chi connectivity index (χ1) is 8.81. The molecular weight excluding hydrogens is 224 g/mol. The van der Waals surface area contributed by atoms with E-state index in [9.17, 15) is 9.90 Å². The van der Waals surface area contributed by atoms with Gasteiger partial charge in [0.1, 0.15) is 0 Å². The monoisotopic (exact) mass is 238 g/mol. The lowest BCUT2D eigenvalue weighted by Crippen LogP contribution is -2.06. The van der Waals surface area contributed by atoms with Crippen molar-refractivity contribution in [2.24, 2.45) is 0 Å². The normalized spacial score (nSPS) is 11.2. The van der Waals surface area contributed by atoms with Crippen molar-refractivity contribution in [3.8, 4) is 0 Å². The fourth-order valence-corrected chi connectivity index (χ4v) is 1.78. The molecule has 0 fully saturated rings. The molecule has 0 bridgehead atoms. The van der Waals surface area contributed by atoms with Gasteiger partial charge < -0.3 is 5.11 Å². The Kier molecular flexibility index (Phi) is 3.92. The lowest BCUT2D eigenvalue weighted by atomic mass is 9.98. The quantitative estimate of drug-likeness (QED) is 0.502. The van der Waals surface area contributed by atoms with Crippen molar-refractivity contribution in [3.63, 3.8) is 0 Å². The van der Waals surface area contributed by atoms with E-state index in [0.29, 0.717) is 17.6 Å². The van der Waals surface area contributed by atoms with Crippen LogP contribution in [0.3, 0.4) is 0 Å². The van der Waals surface area contributed by atoms with Crippen LogP contribution in [-0.4, -0.2) is 10.9 Å². The van der Waals surface area contributed by atoms with E-state index in [1.165, 1.54) is 0 Å². The maximum absolute atomic E-state index is 12.2. The largest absolute Gasteiger partial charge is 0.515 e. The van der Waals surface area contributed by atoms with E-state index in [0.717, 1.165) is 11.8 Å². The minimum atomic E-state index is -0.137. The summed E-state index contributed by atoms with van der Waals surface area (Å²) >= 11 is 0. The van der Waals surface area contributed by atoms with Gasteiger partial charge in [0.25, 0.3) is 0 Å². The van der Waals surface area contributed by atoms with Gasteiger partial charge in [0.2, 0.25) is 0 Å². The molecule has 90 valence electrons. The standard InChI is InChI=1S/C16H14O2/c17-12-15(11-13-7-3-1-4-8-13)16(18)14-9-5-2-6-10-14/h1-10,12,17H,11H2. The van der Waals surface area contributed by atoms with E-state index in [4.69, 9.17) is 0 Å². The molecule has 0 unspecified atom stereocenters. The maximum atomic E-state index is 12.2. The summed E-state index contributed by atoms with van der Waals surface area (Å²) in [6.07, 6.45) is 1.34. The van der Waals surface area contributed by atoms with Crippen molar-refractivity contribution in [2.45, 2.75) is 6.42 Å². The van der Waals surface area contributed by atoms with Gasteiger partial charge in [-0.1, -0.05) is 60.7 Å². The third-order valence-corrected chi connectivity index (χ3v) is 2.72. The molecular formula is C16H14O2. The van der Waals surface area contributed by atoms with Crippen molar-refractivity contribution in [1.82, 2.24) is 0 Å². The van der Waals surface area contributed by atoms with E-state index in [-0.39, 0.29) is 5.78 Å². The highest BCUT2D eigenvalue weighted by molar-refractivity contribution is 6.08. The number of hydrogen-bond acceptors (Lipinski definition) is 2. The van der Waals surface area contributed by atoms with Crippen LogP contribution in [0.25, 0.3) is 0 Å². The van der Waals surface area contributed by atoms with Crippen LogP contribution in [-0.2, 0) is 6.42 Å². The first kappa shape index (κ1) is 12.1. The highest BCUT2D eigenvalue weighted by Gasteiger charge is 2.12. The van der Waals surface area contributed by atoms with Crippen LogP contribution in [0.1, 0.15) is 15.9 Å². The Balaban J connectivity index is 2.18. The summed E-state index contributed by atoms with van der Waals surface area (Å²) < 4.78 is 0. The maximum Gasteiger partial charge on any atom is 0.192 e. The minimum absolute atomic E-state index is 0.137. The topological polar surface area (TPSA) is 37.3 Å². The molecule has 0 heterocycles. The Morgan fingerprint density at radius 1 is 0.944 bits per heavy atom. The fourth-order valence-electron chi connectivity index (χ4n) is 1.78. The smallest absolute Gasteiger partial charge is 0.192 e. The third kappa shape index (κ3) is 2.86. The van der Waals surface area contributed by atoms with Crippen LogP contribution in [0.5, 0.6) is 0 Å². The molecule has 0 aliphatic heterocycles. The summed E-state index contributed by atoms with van der Waals surface area (Å²) in [4.78, 5) is 12.2. The molecule has 0 aliphatic carbocycles. The number of Topliss-reactive ketones (excluding diaryl/α,β-unsaturated/α-hetero) is 1. The van der Waals surface area contributed by atoms with Crippen LogP contribution >= 0.6 is 0 Å². The van der Waals surface area contributed by atoms with Crippen molar-refractivity contribution >= 4 is 5.78 Å². The number of carbonyl (C=O) groups excluding carboxylic acids is 1. The van der Waals surface area contributed by atoms with Crippen LogP contribution in [0.15, 0.2) is 72.5 Å². The SMILES string of the molecule is O=C(C(=CO)Cc1ccccc1)c1ccccc1. The number of aliphatic hydroxyl groups excluding tert-OH is 1. The third-order valence-electron chi connectivity index (χ3n) is 2.72. The molecule has 0 aliphatic rings. The predicted molar refractivity (Wildman–Crippen MR) is 71.6 cm³/mol. The molecule has 0 atom stereocenters. The number of carbonyl (C=O) groups is 1. The van der Waals surface area contributed by atoms with E-state index in [1.807, 2.05) is 48.5 Å². The zero-order chi connectivity index (χ0) is 12.8. The van der Waals surface area contributed by atoms with Crippen molar-refractivity contribution in [2.75, 3.05) is 0 Å². The molecule has 0 radical (unpaired) electrons. The molecule has 18 heavy (non-hydrogen) atoms. The van der Waals surface area contributed by atoms with Gasteiger partial charge in [0.15, 0.2) is 5.78 Å². The molecule has 2 rings (SSSR count). The van der Waals surface area contributed by atoms with Gasteiger partial charge in [-0.2, -0.15) is 0 Å². The van der Waals surface area contributed by atoms with Crippen LogP contribution in [0.2, 0.25) is 0 Å². The minimum Gasteiger partial charge on any atom is -0.515 e. The van der Waals surface area contributed by atoms with Gasteiger partial charge in [0.05, 0.1) is 6.26 Å². The molecule has 2 aromatic rings. The number of benzene rings is 2. The number of allylic oxidation sites excluding steroid dienone is 1. The van der Waals surface area contributed by atoms with E-state index in [1.54, 1.807) is 12.1 Å². The Hall–Kier alpha value is -2.35. The average molecular weight is 238 g/mol. The van der Waals surface area contributed by atoms with Crippen LogP contribution < -0.4 is 0 Å². The zero-order valence-electron chi connectivity index (χ0n) is 9.91. The second kappa shape index (κ2) is 5.82. The van der Waals surface area contributed by atoms with Gasteiger partial charge in [-0.15, -0.1) is 0 Å². The Bertz CT molecular complexity index is 542. The number of rotatable bonds is 4. The van der Waals surface area contributed by atoms with Crippen LogP contribution in [0.4, 0.5) is 0 Å². The highest BCUT2D eigenvalue weighted by atomic mass is 16.2. The predicted octanol–water partition coefficient (Wildman–Crippen LogP) is 3.55. The molecule has 0 aromatic heterocycles. The van der Waals surface area contributed by atoms with Crippen LogP contribution in [0, 0.1) is 0 Å². The average Bonchev–Trinajstić information content (AvgIpc) is 2.46. The Morgan fingerprint density at radius 2 is 1.50 bits per heavy atom. The molecule has 1 N–H and O–H groups in total. The summed E-state index contributed by atoms with van der Waals surface area (Å²) in [5.74, 6) is -0.137. The second-order valence-electron chi connectivity index (χ2n) is 4.01. The molecule has 2 nitrogen and oxygen atoms in total. The van der Waals surface area contributed by atoms with E-state index < -0.39 is 0 Å². The van der Waals surface area contributed by atoms with Gasteiger partial charge in [-0.25, -0.2) is 0 Å². The molecule has 2 aromatic carbocycles. The van der Waals surface area contributed by atoms with Crippen molar-refractivity contribution in [1.29, 1.82) is 0 Å². The lowest BCUT2D eigenvalue weighted by Gasteiger charge is -2.05. The zero-order valence-corrected chi connectivity index (χ0v) is 9.91. The first-order valence-corrected chi connectivity index (χ1v) is 5.78. The fraction of sp³-hybridized carbons (Fsp3) is 0.0625. The summed E-state index contributed by atoms with van der Waals surface area (Å²) in [5, 5.41) is 9.24. The summed E-state index contributed by atoms with van der Waals surface area (Å²) in [6, 6.07) is 18.6. The van der Waals surface area contributed by atoms with Gasteiger partial charge in [-0.3, -0.25) is 4.79 Å². The van der Waals surface area contributed by atoms with E-state index >= 15 is 0 Å². The first-order valence-electron chi connectivity index (χ1n) is 5.78. The molecule has 0 saturated carbocycles. The summed E-state index contributed by atoms with van der Waals surface area (Å²) in [6.45, 7) is 0. The molecule has 0 spiro atoms. The van der Waals surface area contributed by atoms with Gasteiger partial charge in [-0.05, 0) is 5.56 Å². The number of ketones is 1. The second-order valence-corrected chi connectivity index (χ2v) is 4.01. The lowest BCUT2D eigenvalue weighted by molar-refractivity contribution is 0.102. The summed E-state index contributed by atoms with van der Waals surface area (Å²) in [5.41, 5.74) is 1.99. The molecule has 0 amide bonds. The van der Waals surface area contributed by atoms with Gasteiger partial charge >= 0.3 is 0 Å². The van der Waals surface area contributed by atoms with E-state index in [2.05, 4.69) is 0 Å². The van der Waals surface area contributed by atoms with Crippen molar-refractivity contribution in [3.05, 3.63) is 83.6 Å². The molecule has 0 saturated heterocycles. The molecule has 2 heteroatoms.